The summed E-state index contributed by atoms with van der Waals surface area (Å²) in [6.07, 6.45) is 3.86. The smallest absolute Gasteiger partial charge is 0.350 e. The minimum absolute atomic E-state index is 0.0127. The number of benzene rings is 2. The van der Waals surface area contributed by atoms with Gasteiger partial charge in [-0.2, -0.15) is 0 Å². The zero-order chi connectivity index (χ0) is 24.4. The third-order valence-electron chi connectivity index (χ3n) is 5.68. The second-order valence-electron chi connectivity index (χ2n) is 7.98. The predicted molar refractivity (Wildman–Crippen MR) is 129 cm³/mol. The highest BCUT2D eigenvalue weighted by Crippen LogP contribution is 2.34. The van der Waals surface area contributed by atoms with Crippen molar-refractivity contribution in [3.63, 3.8) is 0 Å². The normalized spacial score (nSPS) is 13.5. The highest BCUT2D eigenvalue weighted by molar-refractivity contribution is 5.95. The molecule has 5 rings (SSSR count). The van der Waals surface area contributed by atoms with Crippen molar-refractivity contribution in [3.8, 4) is 11.7 Å². The van der Waals surface area contributed by atoms with E-state index in [4.69, 9.17) is 20.6 Å². The lowest BCUT2D eigenvalue weighted by Gasteiger charge is -2.25. The Labute approximate surface area is 200 Å². The van der Waals surface area contributed by atoms with E-state index in [0.29, 0.717) is 18.0 Å². The largest absolute Gasteiger partial charge is 0.467 e. The van der Waals surface area contributed by atoms with Crippen molar-refractivity contribution in [2.45, 2.75) is 26.0 Å². The highest BCUT2D eigenvalue weighted by atomic mass is 16.7. The number of nitrogens with zero attached hydrogens (tertiary/aromatic N) is 4. The second kappa shape index (κ2) is 9.39. The van der Waals surface area contributed by atoms with Gasteiger partial charge in [0.25, 0.3) is 5.95 Å². The molecule has 0 saturated carbocycles. The summed E-state index contributed by atoms with van der Waals surface area (Å²) in [7, 11) is 0. The van der Waals surface area contributed by atoms with E-state index in [1.165, 1.54) is 0 Å². The topological polar surface area (TPSA) is 157 Å². The number of anilines is 1. The number of aromatic nitrogens is 5. The van der Waals surface area contributed by atoms with E-state index in [0.717, 1.165) is 39.2 Å². The summed E-state index contributed by atoms with van der Waals surface area (Å²) in [5, 5.41) is 15.6. The Hall–Kier alpha value is -4.51. The van der Waals surface area contributed by atoms with Gasteiger partial charge in [0.2, 0.25) is 0 Å². The van der Waals surface area contributed by atoms with E-state index in [1.807, 2.05) is 24.3 Å². The van der Waals surface area contributed by atoms with Crippen LogP contribution in [-0.4, -0.2) is 37.4 Å². The molecule has 178 valence electrons. The molecule has 1 atom stereocenters. The third kappa shape index (κ3) is 4.49. The van der Waals surface area contributed by atoms with Crippen molar-refractivity contribution >= 4 is 11.5 Å². The highest BCUT2D eigenvalue weighted by Gasteiger charge is 2.25. The average molecular weight is 473 g/mol. The zero-order valence-electron chi connectivity index (χ0n) is 19.0. The van der Waals surface area contributed by atoms with E-state index >= 15 is 0 Å². The molecule has 5 N–H and O–H groups in total. The summed E-state index contributed by atoms with van der Waals surface area (Å²) in [5.41, 5.74) is 9.35. The predicted octanol–water partition coefficient (Wildman–Crippen LogP) is 2.27. The number of fused-ring (bicyclic) bond motifs is 1. The SMILES string of the molecule is CCc1cc(C(Nc2ccc(C(=N)N)cc2)c2nn(-c3ncccn3)c(=O)[nH]2)cc2c1OCOC2. The molecule has 3 heterocycles. The van der Waals surface area contributed by atoms with Gasteiger partial charge in [-0.1, -0.05) is 6.92 Å². The minimum atomic E-state index is -0.520. The van der Waals surface area contributed by atoms with E-state index in [2.05, 4.69) is 32.3 Å². The number of H-pyrrole nitrogens is 1. The van der Waals surface area contributed by atoms with Crippen LogP contribution in [0.2, 0.25) is 0 Å². The molecule has 0 bridgehead atoms. The molecular formula is C24H24N8O3. The lowest BCUT2D eigenvalue weighted by molar-refractivity contribution is -0.0170. The van der Waals surface area contributed by atoms with Crippen molar-refractivity contribution in [1.29, 1.82) is 5.41 Å². The van der Waals surface area contributed by atoms with Crippen molar-refractivity contribution < 1.29 is 9.47 Å². The molecule has 0 aliphatic carbocycles. The van der Waals surface area contributed by atoms with Crippen LogP contribution in [0.4, 0.5) is 5.69 Å². The van der Waals surface area contributed by atoms with Crippen LogP contribution in [0.5, 0.6) is 5.75 Å². The van der Waals surface area contributed by atoms with Crippen molar-refractivity contribution in [1.82, 2.24) is 24.7 Å². The Morgan fingerprint density at radius 3 is 2.74 bits per heavy atom. The molecule has 11 heteroatoms. The van der Waals surface area contributed by atoms with Gasteiger partial charge in [0.05, 0.1) is 6.61 Å². The summed E-state index contributed by atoms with van der Waals surface area (Å²) in [6, 6.07) is 12.3. The number of nitrogen functional groups attached to an aromatic ring is 1. The van der Waals surface area contributed by atoms with Crippen LogP contribution in [0.1, 0.15) is 41.0 Å². The van der Waals surface area contributed by atoms with E-state index in [-0.39, 0.29) is 18.6 Å². The second-order valence-corrected chi connectivity index (χ2v) is 7.98. The van der Waals surface area contributed by atoms with Gasteiger partial charge in [-0.3, -0.25) is 10.4 Å². The molecular weight excluding hydrogens is 448 g/mol. The molecule has 0 radical (unpaired) electrons. The number of aryl methyl sites for hydroxylation is 1. The monoisotopic (exact) mass is 472 g/mol. The summed E-state index contributed by atoms with van der Waals surface area (Å²) >= 11 is 0. The van der Waals surface area contributed by atoms with Crippen LogP contribution in [0.25, 0.3) is 5.95 Å². The Bertz CT molecular complexity index is 1400. The zero-order valence-corrected chi connectivity index (χ0v) is 19.0. The molecule has 4 aromatic rings. The van der Waals surface area contributed by atoms with Gasteiger partial charge in [-0.15, -0.1) is 9.78 Å². The maximum atomic E-state index is 12.8. The Morgan fingerprint density at radius 1 is 1.26 bits per heavy atom. The van der Waals surface area contributed by atoms with Crippen LogP contribution in [-0.2, 0) is 17.8 Å². The maximum Gasteiger partial charge on any atom is 0.350 e. The first-order valence-electron chi connectivity index (χ1n) is 11.1. The number of rotatable bonds is 7. The number of amidine groups is 1. The molecule has 0 amide bonds. The van der Waals surface area contributed by atoms with Crippen LogP contribution in [0.15, 0.2) is 59.7 Å². The maximum absolute atomic E-state index is 12.8. The quantitative estimate of drug-likeness (QED) is 0.236. The molecule has 1 aliphatic rings. The van der Waals surface area contributed by atoms with Gasteiger partial charge in [-0.25, -0.2) is 14.8 Å². The number of nitrogens with one attached hydrogen (secondary N) is 3. The molecule has 0 fully saturated rings. The number of hydrogen-bond donors (Lipinski definition) is 4. The summed E-state index contributed by atoms with van der Waals surface area (Å²) in [6.45, 7) is 2.71. The molecule has 1 unspecified atom stereocenters. The van der Waals surface area contributed by atoms with Crippen LogP contribution < -0.4 is 21.5 Å². The molecule has 2 aromatic heterocycles. The Morgan fingerprint density at radius 2 is 2.03 bits per heavy atom. The van der Waals surface area contributed by atoms with Gasteiger partial charge >= 0.3 is 5.69 Å². The first kappa shape index (κ1) is 22.3. The van der Waals surface area contributed by atoms with Crippen LogP contribution in [0, 0.1) is 5.41 Å². The molecule has 0 spiro atoms. The molecule has 2 aromatic carbocycles. The van der Waals surface area contributed by atoms with Gasteiger partial charge in [0.15, 0.2) is 12.6 Å². The van der Waals surface area contributed by atoms with Gasteiger partial charge in [-0.05, 0) is 60.0 Å². The number of hydrogen-bond acceptors (Lipinski definition) is 8. The van der Waals surface area contributed by atoms with Gasteiger partial charge in [0, 0.05) is 29.2 Å². The minimum Gasteiger partial charge on any atom is -0.467 e. The fourth-order valence-electron chi connectivity index (χ4n) is 3.98. The molecule has 0 saturated heterocycles. The Kier molecular flexibility index (Phi) is 5.98. The van der Waals surface area contributed by atoms with E-state index in [9.17, 15) is 4.79 Å². The van der Waals surface area contributed by atoms with Crippen molar-refractivity contribution in [2.24, 2.45) is 5.73 Å². The van der Waals surface area contributed by atoms with E-state index in [1.54, 1.807) is 30.6 Å². The average Bonchev–Trinajstić information content (AvgIpc) is 3.28. The third-order valence-corrected chi connectivity index (χ3v) is 5.68. The first-order chi connectivity index (χ1) is 17.0. The van der Waals surface area contributed by atoms with Gasteiger partial charge in [0.1, 0.15) is 17.6 Å². The molecule has 1 aliphatic heterocycles. The van der Waals surface area contributed by atoms with E-state index < -0.39 is 11.7 Å². The molecule has 35 heavy (non-hydrogen) atoms. The van der Waals surface area contributed by atoms with Crippen LogP contribution >= 0.6 is 0 Å². The Balaban J connectivity index is 1.60. The summed E-state index contributed by atoms with van der Waals surface area (Å²) < 4.78 is 12.4. The molecule has 11 nitrogen and oxygen atoms in total. The fraction of sp³-hybridized carbons (Fsp3) is 0.208. The number of ether oxygens (including phenoxy) is 2. The number of nitrogens with two attached hydrogens (primary N) is 1. The lowest BCUT2D eigenvalue weighted by Crippen LogP contribution is -2.18. The lowest BCUT2D eigenvalue weighted by atomic mass is 9.97. The fourth-order valence-corrected chi connectivity index (χ4v) is 3.98. The first-order valence-corrected chi connectivity index (χ1v) is 11.1. The summed E-state index contributed by atoms with van der Waals surface area (Å²) in [4.78, 5) is 23.9. The van der Waals surface area contributed by atoms with Crippen molar-refractivity contribution in [2.75, 3.05) is 12.1 Å². The summed E-state index contributed by atoms with van der Waals surface area (Å²) in [5.74, 6) is 1.38. The van der Waals surface area contributed by atoms with Gasteiger partial charge < -0.3 is 20.5 Å². The number of aromatic amines is 1. The van der Waals surface area contributed by atoms with Crippen LogP contribution in [0.3, 0.4) is 0 Å². The van der Waals surface area contributed by atoms with Crippen molar-refractivity contribution in [3.05, 3.63) is 93.4 Å². The standard InChI is InChI=1S/C24H24N8O3/c1-2-14-10-16(11-17-12-34-13-35-20(14)17)19(29-18-6-4-15(5-7-18)21(25)26)22-30-24(33)32(31-22)23-27-8-3-9-28-23/h3-11,19,29H,2,12-13H2,1H3,(H3,25,26)(H,30,31,33).